The maximum absolute atomic E-state index is 9.88. The molecule has 0 atom stereocenters. The lowest BCUT2D eigenvalue weighted by Crippen LogP contribution is -2.37. The van der Waals surface area contributed by atoms with Crippen molar-refractivity contribution in [2.24, 2.45) is 57.2 Å². The lowest BCUT2D eigenvalue weighted by atomic mass is 9.90. The Morgan fingerprint density at radius 3 is 0.932 bits per heavy atom. The van der Waals surface area contributed by atoms with E-state index in [1.165, 1.54) is 77.0 Å². The molecule has 20 nitrogen and oxygen atoms in total. The summed E-state index contributed by atoms with van der Waals surface area (Å²) in [5.41, 5.74) is 8.18. The Kier molecular flexibility index (Phi) is 26.4. The van der Waals surface area contributed by atoms with Crippen molar-refractivity contribution in [2.45, 2.75) is 187 Å². The molecule has 6 heterocycles. The van der Waals surface area contributed by atoms with Crippen molar-refractivity contribution in [2.75, 3.05) is 114 Å². The molecule has 10 aliphatic rings. The summed E-state index contributed by atoms with van der Waals surface area (Å²) < 4.78 is 35.6. The molecule has 7 aliphatic carbocycles. The standard InChI is InChI=1S/2C26H36N4O2.C24H31N3O3.C5H7NO.2ClH/c2*1-29(2)15-22-24(31-16-20-3-4-20)8-6-21-23(28-32-25(21)22)7-5-19-9-13-30(14-10-19)18-26(17-27)11-12-26;25-15-24(9-10-24)16-27-11-7-17(8-12-27)3-5-21-19-4-6-22(29-14-18-1-2-18)20(13-28)23(19)30-26-21;6-3-5(4-7)1-2-5;;/h2*6,8,19-20H,3-5,7,9-16,18H2,1-2H3;4,6,17-18,28H,1-3,5,7-14,16H2;7H,1-2,4H2;2*1H. The van der Waals surface area contributed by atoms with Crippen molar-refractivity contribution >= 4 is 57.7 Å². The van der Waals surface area contributed by atoms with Crippen LogP contribution in [0, 0.1) is 102 Å². The van der Waals surface area contributed by atoms with Crippen molar-refractivity contribution in [1.29, 1.82) is 21.0 Å². The molecular weight excluding hydrogens is 1340 g/mol. The lowest BCUT2D eigenvalue weighted by molar-refractivity contribution is 0.162. The van der Waals surface area contributed by atoms with Gasteiger partial charge in [0.05, 0.1) is 113 Å². The van der Waals surface area contributed by atoms with E-state index in [2.05, 4.69) is 117 Å². The van der Waals surface area contributed by atoms with Gasteiger partial charge in [-0.05, 0) is 306 Å². The van der Waals surface area contributed by atoms with Crippen LogP contribution in [0.2, 0.25) is 0 Å². The molecule has 0 amide bonds. The molecule has 10 fully saturated rings. The Bertz CT molecular complexity index is 3760. The van der Waals surface area contributed by atoms with Gasteiger partial charge in [-0.1, -0.05) is 15.5 Å². The Morgan fingerprint density at radius 1 is 0.417 bits per heavy atom. The van der Waals surface area contributed by atoms with Gasteiger partial charge in [-0.25, -0.2) is 0 Å². The van der Waals surface area contributed by atoms with E-state index >= 15 is 0 Å². The zero-order valence-corrected chi connectivity index (χ0v) is 63.3. The summed E-state index contributed by atoms with van der Waals surface area (Å²) in [6.45, 7) is 13.5. The number of rotatable bonds is 30. The van der Waals surface area contributed by atoms with Gasteiger partial charge in [0, 0.05) is 48.9 Å². The SMILES string of the molecule is CN(C)Cc1c(OCC2CC2)ccc2c(CCC3CCN(CC4(C#N)CC4)CC3)noc12.CN(C)Cc1c(OCC2CC2)ccc2c(CCC3CCN(CC4(C#N)CC4)CC3)noc12.Cl.Cl.N#CC1(CN2CCC(CCc3noc4c(CO)c(OCC5CC5)ccc34)CC2)CC1.N#CC1(CO)CC1. The number of fused-ring (bicyclic) bond motifs is 3. The van der Waals surface area contributed by atoms with Gasteiger partial charge in [-0.2, -0.15) is 21.0 Å². The second kappa shape index (κ2) is 35.0. The molecule has 0 spiro atoms. The van der Waals surface area contributed by atoms with Crippen molar-refractivity contribution in [3.05, 3.63) is 70.2 Å². The Morgan fingerprint density at radius 2 is 0.699 bits per heavy atom. The van der Waals surface area contributed by atoms with Crippen LogP contribution in [0.3, 0.4) is 0 Å². The van der Waals surface area contributed by atoms with E-state index in [0.717, 1.165) is 272 Å². The number of aliphatic hydroxyl groups is 2. The predicted octanol–water partition coefficient (Wildman–Crippen LogP) is 14.4. The number of benzene rings is 3. The molecule has 103 heavy (non-hydrogen) atoms. The van der Waals surface area contributed by atoms with Gasteiger partial charge in [-0.3, -0.25) is 0 Å². The van der Waals surface area contributed by atoms with E-state index in [1.54, 1.807) is 0 Å². The quantitative estimate of drug-likeness (QED) is 0.0425. The second-order valence-corrected chi connectivity index (χ2v) is 33.0. The van der Waals surface area contributed by atoms with Gasteiger partial charge in [0.1, 0.15) is 17.2 Å². The molecule has 22 heteroatoms. The Labute approximate surface area is 622 Å². The number of hydrogen-bond donors (Lipinski definition) is 2. The molecule has 3 aromatic heterocycles. The summed E-state index contributed by atoms with van der Waals surface area (Å²) in [5, 5.41) is 71.2. The van der Waals surface area contributed by atoms with E-state index in [4.69, 9.17) is 38.1 Å². The summed E-state index contributed by atoms with van der Waals surface area (Å²) in [5.74, 6) is 6.89. The highest BCUT2D eigenvalue weighted by Gasteiger charge is 2.47. The lowest BCUT2D eigenvalue weighted by Gasteiger charge is -2.33. The number of likely N-dealkylation sites (tertiary alicyclic amines) is 3. The molecule has 2 N–H and O–H groups in total. The van der Waals surface area contributed by atoms with Gasteiger partial charge >= 0.3 is 0 Å². The molecule has 0 bridgehead atoms. The van der Waals surface area contributed by atoms with Crippen LogP contribution < -0.4 is 14.2 Å². The van der Waals surface area contributed by atoms with Gasteiger partial charge in [0.25, 0.3) is 0 Å². The maximum Gasteiger partial charge on any atom is 0.176 e. The molecule has 16 rings (SSSR count). The first-order chi connectivity index (χ1) is 49.1. The van der Waals surface area contributed by atoms with Crippen LogP contribution >= 0.6 is 24.8 Å². The molecule has 558 valence electrons. The van der Waals surface area contributed by atoms with Crippen molar-refractivity contribution in [3.63, 3.8) is 0 Å². The number of aliphatic hydroxyl groups excluding tert-OH is 2. The zero-order chi connectivity index (χ0) is 70.1. The number of aromatic nitrogens is 3. The molecule has 7 saturated carbocycles. The Hall–Kier alpha value is -6.27. The third kappa shape index (κ3) is 20.9. The molecular formula is C81H112Cl2N12O8. The second-order valence-electron chi connectivity index (χ2n) is 33.0. The monoisotopic (exact) mass is 1450 g/mol. The summed E-state index contributed by atoms with van der Waals surface area (Å²) in [6.07, 6.45) is 29.4. The first kappa shape index (κ1) is 77.8. The van der Waals surface area contributed by atoms with E-state index in [-0.39, 0.29) is 59.7 Å². The third-order valence-corrected chi connectivity index (χ3v) is 23.7. The molecule has 3 aromatic carbocycles. The first-order valence-corrected chi connectivity index (χ1v) is 38.5. The third-order valence-electron chi connectivity index (χ3n) is 23.7. The first-order valence-electron chi connectivity index (χ1n) is 38.5. The fourth-order valence-electron chi connectivity index (χ4n) is 15.2. The highest BCUT2D eigenvalue weighted by Crippen LogP contribution is 2.49. The van der Waals surface area contributed by atoms with Crippen LogP contribution in [0.5, 0.6) is 17.2 Å². The summed E-state index contributed by atoms with van der Waals surface area (Å²) >= 11 is 0. The minimum absolute atomic E-state index is 0. The van der Waals surface area contributed by atoms with Crippen LogP contribution in [0.1, 0.15) is 181 Å². The normalized spacial score (nSPS) is 21.0. The zero-order valence-electron chi connectivity index (χ0n) is 61.7. The number of ether oxygens (including phenoxy) is 3. The van der Waals surface area contributed by atoms with Gasteiger partial charge in [-0.15, -0.1) is 24.8 Å². The summed E-state index contributed by atoms with van der Waals surface area (Å²) in [7, 11) is 8.31. The fourth-order valence-corrected chi connectivity index (χ4v) is 15.2. The van der Waals surface area contributed by atoms with Gasteiger partial charge in [0.15, 0.2) is 16.7 Å². The van der Waals surface area contributed by atoms with Crippen molar-refractivity contribution in [1.82, 2.24) is 40.0 Å². The minimum Gasteiger partial charge on any atom is -0.493 e. The average molecular weight is 1450 g/mol. The van der Waals surface area contributed by atoms with Crippen LogP contribution in [-0.4, -0.2) is 164 Å². The van der Waals surface area contributed by atoms with Gasteiger partial charge in [0.2, 0.25) is 0 Å². The molecule has 3 saturated heterocycles. The summed E-state index contributed by atoms with van der Waals surface area (Å²) in [6, 6.07) is 22.1. The van der Waals surface area contributed by atoms with Crippen LogP contribution in [0.15, 0.2) is 50.0 Å². The van der Waals surface area contributed by atoms with E-state index in [1.807, 2.05) is 12.1 Å². The smallest absolute Gasteiger partial charge is 0.176 e. The van der Waals surface area contributed by atoms with E-state index in [0.29, 0.717) is 29.6 Å². The molecule has 0 unspecified atom stereocenters. The largest absolute Gasteiger partial charge is 0.493 e. The highest BCUT2D eigenvalue weighted by molar-refractivity contribution is 5.87. The number of aryl methyl sites for hydroxylation is 3. The van der Waals surface area contributed by atoms with E-state index in [9.17, 15) is 20.9 Å². The van der Waals surface area contributed by atoms with Crippen LogP contribution in [0.25, 0.3) is 32.9 Å². The molecule has 6 aromatic rings. The van der Waals surface area contributed by atoms with Gasteiger partial charge < -0.3 is 62.5 Å². The van der Waals surface area contributed by atoms with Crippen molar-refractivity contribution in [3.8, 4) is 41.5 Å². The maximum atomic E-state index is 9.88. The molecule has 0 radical (unpaired) electrons. The number of hydrogen-bond acceptors (Lipinski definition) is 20. The topological polar surface area (TPSA) is 258 Å². The van der Waals surface area contributed by atoms with Crippen molar-refractivity contribution < 1.29 is 38.0 Å². The molecule has 3 aliphatic heterocycles. The number of halogens is 2. The number of piperidine rings is 3. The Balaban J connectivity index is 0.000000146. The van der Waals surface area contributed by atoms with Crippen LogP contribution in [-0.2, 0) is 39.0 Å². The predicted molar refractivity (Wildman–Crippen MR) is 401 cm³/mol. The highest BCUT2D eigenvalue weighted by atomic mass is 35.5. The summed E-state index contributed by atoms with van der Waals surface area (Å²) in [4.78, 5) is 11.8. The number of nitriles is 4. The number of nitrogens with zero attached hydrogens (tertiary/aromatic N) is 12. The minimum atomic E-state index is -0.306. The average Bonchev–Trinajstić information content (AvgIpc) is 1.64. The fraction of sp³-hybridized carbons (Fsp3) is 0.691. The van der Waals surface area contributed by atoms with E-state index < -0.39 is 0 Å². The van der Waals surface area contributed by atoms with Crippen LogP contribution in [0.4, 0.5) is 0 Å².